The van der Waals surface area contributed by atoms with Crippen molar-refractivity contribution in [2.45, 2.75) is 39.5 Å². The number of carbonyl (C=O) groups excluding carboxylic acids is 1. The van der Waals surface area contributed by atoms with E-state index < -0.39 is 0 Å². The summed E-state index contributed by atoms with van der Waals surface area (Å²) >= 11 is 0. The van der Waals surface area contributed by atoms with Crippen molar-refractivity contribution in [3.8, 4) is 0 Å². The molecule has 0 aromatic heterocycles. The van der Waals surface area contributed by atoms with Gasteiger partial charge in [-0.2, -0.15) is 0 Å². The summed E-state index contributed by atoms with van der Waals surface area (Å²) in [7, 11) is 0. The number of carbonyl (C=O) groups is 1. The second kappa shape index (κ2) is 6.01. The Labute approximate surface area is 108 Å². The summed E-state index contributed by atoms with van der Waals surface area (Å²) < 4.78 is 0. The Balaban J connectivity index is 1.84. The Kier molecular flexibility index (Phi) is 4.37. The molecule has 18 heavy (non-hydrogen) atoms. The van der Waals surface area contributed by atoms with Crippen LogP contribution in [0.5, 0.6) is 0 Å². The molecule has 3 heteroatoms. The SMILES string of the molecule is CC(C)CONC(=O)Cc1ccc2c(c1)CCC2. The molecule has 0 aliphatic heterocycles. The smallest absolute Gasteiger partial charge is 0.247 e. The quantitative estimate of drug-likeness (QED) is 0.811. The minimum absolute atomic E-state index is 0.0754. The Bertz CT molecular complexity index is 427. The van der Waals surface area contributed by atoms with Crippen molar-refractivity contribution in [3.05, 3.63) is 34.9 Å². The fraction of sp³-hybridized carbons (Fsp3) is 0.533. The molecule has 2 rings (SSSR count). The van der Waals surface area contributed by atoms with Gasteiger partial charge in [-0.05, 0) is 41.9 Å². The average Bonchev–Trinajstić information content (AvgIpc) is 2.75. The van der Waals surface area contributed by atoms with Crippen LogP contribution in [0.25, 0.3) is 0 Å². The van der Waals surface area contributed by atoms with Gasteiger partial charge >= 0.3 is 0 Å². The van der Waals surface area contributed by atoms with Gasteiger partial charge in [0, 0.05) is 0 Å². The van der Waals surface area contributed by atoms with Crippen LogP contribution in [0.3, 0.4) is 0 Å². The van der Waals surface area contributed by atoms with Gasteiger partial charge in [0.25, 0.3) is 0 Å². The highest BCUT2D eigenvalue weighted by molar-refractivity contribution is 5.77. The third kappa shape index (κ3) is 3.57. The fourth-order valence-corrected chi connectivity index (χ4v) is 2.25. The van der Waals surface area contributed by atoms with Crippen molar-refractivity contribution >= 4 is 5.91 Å². The number of aryl methyl sites for hydroxylation is 2. The zero-order chi connectivity index (χ0) is 13.0. The van der Waals surface area contributed by atoms with E-state index in [0.717, 1.165) is 12.0 Å². The first kappa shape index (κ1) is 13.1. The third-order valence-electron chi connectivity index (χ3n) is 3.13. The predicted molar refractivity (Wildman–Crippen MR) is 71.1 cm³/mol. The van der Waals surface area contributed by atoms with Gasteiger partial charge < -0.3 is 0 Å². The topological polar surface area (TPSA) is 38.3 Å². The lowest BCUT2D eigenvalue weighted by Gasteiger charge is -2.08. The molecule has 0 bridgehead atoms. The summed E-state index contributed by atoms with van der Waals surface area (Å²) in [6.07, 6.45) is 3.96. The number of fused-ring (bicyclic) bond motifs is 1. The monoisotopic (exact) mass is 247 g/mol. The number of benzene rings is 1. The van der Waals surface area contributed by atoms with E-state index >= 15 is 0 Å². The van der Waals surface area contributed by atoms with Crippen LogP contribution in [-0.4, -0.2) is 12.5 Å². The van der Waals surface area contributed by atoms with E-state index in [4.69, 9.17) is 4.84 Å². The normalized spacial score (nSPS) is 13.7. The number of hydrogen-bond acceptors (Lipinski definition) is 2. The number of hydroxylamine groups is 1. The predicted octanol–water partition coefficient (Wildman–Crippen LogP) is 2.42. The van der Waals surface area contributed by atoms with E-state index in [0.29, 0.717) is 18.9 Å². The first-order valence-electron chi connectivity index (χ1n) is 6.66. The molecule has 0 saturated carbocycles. The summed E-state index contributed by atoms with van der Waals surface area (Å²) in [6.45, 7) is 4.65. The Morgan fingerprint density at radius 1 is 1.33 bits per heavy atom. The van der Waals surface area contributed by atoms with Gasteiger partial charge in [-0.1, -0.05) is 32.0 Å². The van der Waals surface area contributed by atoms with Crippen LogP contribution in [0, 0.1) is 5.92 Å². The number of nitrogens with one attached hydrogen (secondary N) is 1. The third-order valence-corrected chi connectivity index (χ3v) is 3.13. The lowest BCUT2D eigenvalue weighted by atomic mass is 10.0. The fourth-order valence-electron chi connectivity index (χ4n) is 2.25. The van der Waals surface area contributed by atoms with Crippen LogP contribution < -0.4 is 5.48 Å². The van der Waals surface area contributed by atoms with Crippen LogP contribution in [0.15, 0.2) is 18.2 Å². The highest BCUT2D eigenvalue weighted by Gasteiger charge is 2.12. The standard InChI is InChI=1S/C15H21NO2/c1-11(2)10-18-16-15(17)9-12-6-7-13-4-3-5-14(13)8-12/h6-8,11H,3-5,9-10H2,1-2H3,(H,16,17). The summed E-state index contributed by atoms with van der Waals surface area (Å²) in [5.74, 6) is 0.346. The van der Waals surface area contributed by atoms with E-state index in [1.807, 2.05) is 19.9 Å². The molecule has 0 fully saturated rings. The van der Waals surface area contributed by atoms with Crippen LogP contribution in [-0.2, 0) is 28.9 Å². The Morgan fingerprint density at radius 3 is 2.89 bits per heavy atom. The first-order valence-corrected chi connectivity index (χ1v) is 6.66. The molecule has 1 aromatic carbocycles. The van der Waals surface area contributed by atoms with Gasteiger partial charge in [0.2, 0.25) is 5.91 Å². The molecule has 1 aliphatic rings. The maximum absolute atomic E-state index is 11.7. The molecule has 0 heterocycles. The van der Waals surface area contributed by atoms with E-state index in [9.17, 15) is 4.79 Å². The van der Waals surface area contributed by atoms with Gasteiger partial charge in [-0.15, -0.1) is 0 Å². The minimum atomic E-state index is -0.0754. The van der Waals surface area contributed by atoms with Gasteiger partial charge in [0.1, 0.15) is 0 Å². The molecule has 0 atom stereocenters. The van der Waals surface area contributed by atoms with Crippen LogP contribution >= 0.6 is 0 Å². The zero-order valence-corrected chi connectivity index (χ0v) is 11.2. The first-order chi connectivity index (χ1) is 8.65. The molecule has 0 unspecified atom stereocenters. The van der Waals surface area contributed by atoms with Crippen LogP contribution in [0.1, 0.15) is 37.0 Å². The Morgan fingerprint density at radius 2 is 2.11 bits per heavy atom. The van der Waals surface area contributed by atoms with Crippen molar-refractivity contribution < 1.29 is 9.63 Å². The summed E-state index contributed by atoms with van der Waals surface area (Å²) in [6, 6.07) is 6.36. The number of hydrogen-bond donors (Lipinski definition) is 1. The van der Waals surface area contributed by atoms with Crippen molar-refractivity contribution in [1.82, 2.24) is 5.48 Å². The maximum Gasteiger partial charge on any atom is 0.247 e. The van der Waals surface area contributed by atoms with E-state index in [-0.39, 0.29) is 5.91 Å². The summed E-state index contributed by atoms with van der Waals surface area (Å²) in [4.78, 5) is 16.8. The van der Waals surface area contributed by atoms with Crippen molar-refractivity contribution in [2.24, 2.45) is 5.92 Å². The largest absolute Gasteiger partial charge is 0.273 e. The molecule has 1 aromatic rings. The highest BCUT2D eigenvalue weighted by Crippen LogP contribution is 2.22. The molecule has 1 N–H and O–H groups in total. The molecule has 98 valence electrons. The lowest BCUT2D eigenvalue weighted by Crippen LogP contribution is -2.27. The zero-order valence-electron chi connectivity index (χ0n) is 11.2. The van der Waals surface area contributed by atoms with Crippen LogP contribution in [0.4, 0.5) is 0 Å². The van der Waals surface area contributed by atoms with E-state index in [2.05, 4.69) is 17.6 Å². The minimum Gasteiger partial charge on any atom is -0.273 e. The molecule has 3 nitrogen and oxygen atoms in total. The van der Waals surface area contributed by atoms with Gasteiger partial charge in [-0.25, -0.2) is 5.48 Å². The van der Waals surface area contributed by atoms with Crippen molar-refractivity contribution in [3.63, 3.8) is 0 Å². The molecule has 0 radical (unpaired) electrons. The van der Waals surface area contributed by atoms with Crippen molar-refractivity contribution in [1.29, 1.82) is 0 Å². The molecule has 0 spiro atoms. The number of rotatable bonds is 5. The highest BCUT2D eigenvalue weighted by atomic mass is 16.6. The van der Waals surface area contributed by atoms with Gasteiger partial charge in [-0.3, -0.25) is 9.63 Å². The lowest BCUT2D eigenvalue weighted by molar-refractivity contribution is -0.133. The molecular weight excluding hydrogens is 226 g/mol. The molecular formula is C15H21NO2. The molecule has 1 amide bonds. The Hall–Kier alpha value is -1.35. The summed E-state index contributed by atoms with van der Waals surface area (Å²) in [5.41, 5.74) is 6.41. The molecule has 0 saturated heterocycles. The van der Waals surface area contributed by atoms with E-state index in [1.165, 1.54) is 24.0 Å². The van der Waals surface area contributed by atoms with Crippen LogP contribution in [0.2, 0.25) is 0 Å². The van der Waals surface area contributed by atoms with Gasteiger partial charge in [0.15, 0.2) is 0 Å². The molecule has 1 aliphatic carbocycles. The maximum atomic E-state index is 11.7. The second-order valence-electron chi connectivity index (χ2n) is 5.36. The average molecular weight is 247 g/mol. The summed E-state index contributed by atoms with van der Waals surface area (Å²) in [5, 5.41) is 0. The second-order valence-corrected chi connectivity index (χ2v) is 5.36. The van der Waals surface area contributed by atoms with Gasteiger partial charge in [0.05, 0.1) is 13.0 Å². The van der Waals surface area contributed by atoms with Crippen molar-refractivity contribution in [2.75, 3.05) is 6.61 Å². The number of amides is 1. The van der Waals surface area contributed by atoms with E-state index in [1.54, 1.807) is 0 Å².